The van der Waals surface area contributed by atoms with Crippen LogP contribution in [0.15, 0.2) is 34.6 Å². The van der Waals surface area contributed by atoms with Crippen molar-refractivity contribution < 1.29 is 9.63 Å². The summed E-state index contributed by atoms with van der Waals surface area (Å²) in [5, 5.41) is 6.59. The minimum Gasteiger partial charge on any atom is -0.399 e. The summed E-state index contributed by atoms with van der Waals surface area (Å²) in [6.45, 7) is 0. The fourth-order valence-corrected chi connectivity index (χ4v) is 1.21. The maximum absolute atomic E-state index is 11.2. The Bertz CT molecular complexity index is 376. The first-order chi connectivity index (χ1) is 7.67. The van der Waals surface area contributed by atoms with E-state index in [0.29, 0.717) is 12.1 Å². The van der Waals surface area contributed by atoms with E-state index in [4.69, 9.17) is 17.5 Å². The van der Waals surface area contributed by atoms with Gasteiger partial charge in [0.1, 0.15) is 0 Å². The molecule has 7 heteroatoms. The summed E-state index contributed by atoms with van der Waals surface area (Å²) in [6, 6.07) is 6.16. The molecule has 0 radical (unpaired) electrons. The molecule has 0 unspecified atom stereocenters. The molecule has 0 heterocycles. The van der Waals surface area contributed by atoms with E-state index < -0.39 is 12.0 Å². The van der Waals surface area contributed by atoms with Gasteiger partial charge in [0.05, 0.1) is 0 Å². The summed E-state index contributed by atoms with van der Waals surface area (Å²) in [6.07, 6.45) is 0.303. The highest BCUT2D eigenvalue weighted by Crippen LogP contribution is 2.10. The van der Waals surface area contributed by atoms with Crippen molar-refractivity contribution in [1.82, 2.24) is 0 Å². The predicted octanol–water partition coefficient (Wildman–Crippen LogP) is -0.0773. The molecule has 1 rings (SSSR count). The average Bonchev–Trinajstić information content (AvgIpc) is 2.30. The van der Waals surface area contributed by atoms with Crippen LogP contribution >= 0.6 is 0 Å². The van der Waals surface area contributed by atoms with Crippen LogP contribution in [0.4, 0.5) is 5.69 Å². The second-order valence-corrected chi connectivity index (χ2v) is 3.13. The molecular formula is C9H13N5O2. The first-order valence-electron chi connectivity index (χ1n) is 4.52. The molecule has 0 amide bonds. The molecule has 7 nitrogen and oxygen atoms in total. The molecule has 6 N–H and O–H groups in total. The van der Waals surface area contributed by atoms with Crippen LogP contribution in [0.5, 0.6) is 0 Å². The summed E-state index contributed by atoms with van der Waals surface area (Å²) in [5.74, 6) is 8.97. The van der Waals surface area contributed by atoms with Crippen molar-refractivity contribution in [3.05, 3.63) is 29.8 Å². The van der Waals surface area contributed by atoms with Gasteiger partial charge in [0.15, 0.2) is 6.04 Å². The molecule has 0 fully saturated rings. The number of hydrogen-bond acceptors (Lipinski definition) is 6. The molecule has 0 spiro atoms. The molecule has 86 valence electrons. The number of hydrogen-bond donors (Lipinski definition) is 3. The highest BCUT2D eigenvalue weighted by atomic mass is 16.7. The predicted molar refractivity (Wildman–Crippen MR) is 57.7 cm³/mol. The normalized spacial score (nSPS) is 12.6. The number of nitrogens with two attached hydrogens (primary N) is 3. The summed E-state index contributed by atoms with van der Waals surface area (Å²) in [7, 11) is 0. The van der Waals surface area contributed by atoms with Gasteiger partial charge in [-0.25, -0.2) is 4.79 Å². The zero-order valence-electron chi connectivity index (χ0n) is 8.54. The fraction of sp³-hybridized carbons (Fsp3) is 0.222. The Morgan fingerprint density at radius 2 is 2.00 bits per heavy atom. The van der Waals surface area contributed by atoms with Gasteiger partial charge in [0.25, 0.3) is 0 Å². The lowest BCUT2D eigenvalue weighted by Crippen LogP contribution is -2.26. The Kier molecular flexibility index (Phi) is 4.22. The summed E-state index contributed by atoms with van der Waals surface area (Å²) >= 11 is 0. The standard InChI is InChI=1S/C9H13N5O2/c10-7-3-1-6(2-4-7)5-8(13-14-11)9(15)16-12/h1-4,8H,5,10,12H2,(H2,11,13)/t8-/m0/s1. The maximum atomic E-state index is 11.2. The van der Waals surface area contributed by atoms with Crippen LogP contribution in [0.2, 0.25) is 0 Å². The Morgan fingerprint density at radius 1 is 1.38 bits per heavy atom. The van der Waals surface area contributed by atoms with E-state index in [-0.39, 0.29) is 0 Å². The van der Waals surface area contributed by atoms with Crippen molar-refractivity contribution in [3.8, 4) is 0 Å². The molecule has 0 bridgehead atoms. The topological polar surface area (TPSA) is 129 Å². The van der Waals surface area contributed by atoms with Crippen molar-refractivity contribution in [3.63, 3.8) is 0 Å². The minimum absolute atomic E-state index is 0.303. The van der Waals surface area contributed by atoms with Crippen molar-refractivity contribution in [1.29, 1.82) is 0 Å². The number of nitrogens with zero attached hydrogens (tertiary/aromatic N) is 2. The van der Waals surface area contributed by atoms with Crippen molar-refractivity contribution in [2.45, 2.75) is 12.5 Å². The van der Waals surface area contributed by atoms with Gasteiger partial charge in [-0.2, -0.15) is 11.0 Å². The van der Waals surface area contributed by atoms with Gasteiger partial charge in [0, 0.05) is 12.1 Å². The molecule has 0 aliphatic carbocycles. The number of anilines is 1. The third-order valence-electron chi connectivity index (χ3n) is 2.00. The van der Waals surface area contributed by atoms with E-state index in [1.165, 1.54) is 0 Å². The first kappa shape index (κ1) is 11.9. The van der Waals surface area contributed by atoms with E-state index in [2.05, 4.69) is 15.2 Å². The first-order valence-corrected chi connectivity index (χ1v) is 4.52. The maximum Gasteiger partial charge on any atom is 0.351 e. The molecule has 0 saturated heterocycles. The Hall–Kier alpha value is -2.15. The Morgan fingerprint density at radius 3 is 2.50 bits per heavy atom. The van der Waals surface area contributed by atoms with E-state index in [9.17, 15) is 4.79 Å². The van der Waals surface area contributed by atoms with E-state index >= 15 is 0 Å². The summed E-state index contributed by atoms with van der Waals surface area (Å²) in [4.78, 5) is 15.3. The highest BCUT2D eigenvalue weighted by molar-refractivity contribution is 5.75. The second-order valence-electron chi connectivity index (χ2n) is 3.13. The van der Waals surface area contributed by atoms with Crippen molar-refractivity contribution >= 4 is 11.7 Å². The number of rotatable bonds is 4. The van der Waals surface area contributed by atoms with Crippen LogP contribution in [0, 0.1) is 0 Å². The van der Waals surface area contributed by atoms with Crippen LogP contribution in [-0.2, 0) is 16.1 Å². The lowest BCUT2D eigenvalue weighted by atomic mass is 10.1. The molecule has 0 aliphatic heterocycles. The third kappa shape index (κ3) is 3.21. The van der Waals surface area contributed by atoms with Crippen LogP contribution in [0.25, 0.3) is 0 Å². The average molecular weight is 223 g/mol. The van der Waals surface area contributed by atoms with Gasteiger partial charge in [0.2, 0.25) is 0 Å². The van der Waals surface area contributed by atoms with Gasteiger partial charge in [-0.1, -0.05) is 17.4 Å². The summed E-state index contributed by atoms with van der Waals surface area (Å²) < 4.78 is 0. The number of nitrogen functional groups attached to an aromatic ring is 1. The number of carbonyl (C=O) groups is 1. The van der Waals surface area contributed by atoms with Gasteiger partial charge in [-0.15, -0.1) is 0 Å². The largest absolute Gasteiger partial charge is 0.399 e. The molecule has 1 aromatic carbocycles. The fourth-order valence-electron chi connectivity index (χ4n) is 1.21. The summed E-state index contributed by atoms with van der Waals surface area (Å²) in [5.41, 5.74) is 7.03. The van der Waals surface area contributed by atoms with Crippen molar-refractivity contribution in [2.24, 2.45) is 22.1 Å². The van der Waals surface area contributed by atoms with Crippen LogP contribution in [0.3, 0.4) is 0 Å². The van der Waals surface area contributed by atoms with Crippen LogP contribution in [-0.4, -0.2) is 12.0 Å². The van der Waals surface area contributed by atoms with Gasteiger partial charge in [-0.05, 0) is 17.7 Å². The van der Waals surface area contributed by atoms with Crippen molar-refractivity contribution in [2.75, 3.05) is 5.73 Å². The molecule has 0 aromatic heterocycles. The molecule has 1 atom stereocenters. The second kappa shape index (κ2) is 5.66. The molecule has 0 aliphatic rings. The number of carbonyl (C=O) groups excluding carboxylic acids is 1. The monoisotopic (exact) mass is 223 g/mol. The van der Waals surface area contributed by atoms with E-state index in [1.54, 1.807) is 24.3 Å². The van der Waals surface area contributed by atoms with Gasteiger partial charge in [-0.3, -0.25) is 0 Å². The lowest BCUT2D eigenvalue weighted by Gasteiger charge is -2.07. The Labute approximate surface area is 92.2 Å². The highest BCUT2D eigenvalue weighted by Gasteiger charge is 2.19. The molecular weight excluding hydrogens is 210 g/mol. The quantitative estimate of drug-likeness (QED) is 0.284. The van der Waals surface area contributed by atoms with Crippen LogP contribution < -0.4 is 17.5 Å². The van der Waals surface area contributed by atoms with Gasteiger partial charge >= 0.3 is 5.97 Å². The molecule has 16 heavy (non-hydrogen) atoms. The zero-order chi connectivity index (χ0) is 12.0. The molecule has 0 saturated carbocycles. The van der Waals surface area contributed by atoms with Gasteiger partial charge < -0.3 is 16.4 Å². The smallest absolute Gasteiger partial charge is 0.351 e. The Balaban J connectivity index is 2.75. The third-order valence-corrected chi connectivity index (χ3v) is 2.00. The minimum atomic E-state index is -0.835. The molecule has 1 aromatic rings. The lowest BCUT2D eigenvalue weighted by molar-refractivity contribution is -0.145. The number of benzene rings is 1. The zero-order valence-corrected chi connectivity index (χ0v) is 8.54. The van der Waals surface area contributed by atoms with Crippen LogP contribution in [0.1, 0.15) is 5.56 Å². The van der Waals surface area contributed by atoms with E-state index in [0.717, 1.165) is 5.56 Å². The van der Waals surface area contributed by atoms with E-state index in [1.807, 2.05) is 0 Å². The SMILES string of the molecule is NN=N[C@@H](Cc1ccc(N)cc1)C(=O)ON.